The van der Waals surface area contributed by atoms with E-state index in [1.807, 2.05) is 91.0 Å². The first-order valence-electron chi connectivity index (χ1n) is 8.20. The highest BCUT2D eigenvalue weighted by Gasteiger charge is 2.32. The van der Waals surface area contributed by atoms with Crippen LogP contribution in [0.1, 0.15) is 17.4 Å². The lowest BCUT2D eigenvalue weighted by Gasteiger charge is -2.35. The molecule has 122 valence electrons. The molecule has 3 heteroatoms. The number of anilines is 1. The van der Waals surface area contributed by atoms with Crippen LogP contribution < -0.4 is 4.90 Å². The van der Waals surface area contributed by atoms with Crippen molar-refractivity contribution in [2.75, 3.05) is 4.90 Å². The number of amides is 1. The molecule has 0 radical (unpaired) electrons. The molecule has 0 N–H and O–H groups in total. The van der Waals surface area contributed by atoms with Gasteiger partial charge in [0.15, 0.2) is 0 Å². The molecule has 3 aromatic rings. The van der Waals surface area contributed by atoms with Crippen LogP contribution in [0.3, 0.4) is 0 Å². The highest BCUT2D eigenvalue weighted by Crippen LogP contribution is 2.36. The molecule has 1 heterocycles. The van der Waals surface area contributed by atoms with Crippen LogP contribution in [0.5, 0.6) is 0 Å². The van der Waals surface area contributed by atoms with E-state index in [1.165, 1.54) is 0 Å². The molecule has 4 rings (SSSR count). The van der Waals surface area contributed by atoms with Gasteiger partial charge in [-0.1, -0.05) is 78.9 Å². The summed E-state index contributed by atoms with van der Waals surface area (Å²) in [4.78, 5) is 14.6. The molecule has 0 fully saturated rings. The number of hydrogen-bond donors (Lipinski definition) is 0. The van der Waals surface area contributed by atoms with Crippen LogP contribution in [0.25, 0.3) is 5.76 Å². The molecule has 0 saturated heterocycles. The van der Waals surface area contributed by atoms with Crippen molar-refractivity contribution in [3.63, 3.8) is 0 Å². The number of carbonyl (C=O) groups is 1. The zero-order valence-corrected chi connectivity index (χ0v) is 13.6. The van der Waals surface area contributed by atoms with Gasteiger partial charge in [-0.2, -0.15) is 0 Å². The Labute approximate surface area is 146 Å². The Bertz CT molecular complexity index is 889. The van der Waals surface area contributed by atoms with Crippen LogP contribution in [0, 0.1) is 0 Å². The van der Waals surface area contributed by atoms with E-state index < -0.39 is 6.23 Å². The second-order valence-electron chi connectivity index (χ2n) is 5.80. The van der Waals surface area contributed by atoms with Crippen LogP contribution in [0.15, 0.2) is 97.1 Å². The highest BCUT2D eigenvalue weighted by atomic mass is 16.5. The van der Waals surface area contributed by atoms with Crippen LogP contribution >= 0.6 is 0 Å². The summed E-state index contributed by atoms with van der Waals surface area (Å²) in [6.45, 7) is 0. The van der Waals surface area contributed by atoms with Gasteiger partial charge in [0.2, 0.25) is 6.23 Å². The molecular weight excluding hydrogens is 310 g/mol. The molecule has 0 aliphatic carbocycles. The number of ether oxygens (including phenoxy) is 1. The van der Waals surface area contributed by atoms with E-state index in [4.69, 9.17) is 4.74 Å². The maximum atomic E-state index is 12.9. The Balaban J connectivity index is 1.80. The molecule has 0 spiro atoms. The first-order chi connectivity index (χ1) is 12.3. The SMILES string of the molecule is O=C1C=C(c2ccccc2)O[C@@H](c2ccccc2)N1c1ccccc1. The van der Waals surface area contributed by atoms with Gasteiger partial charge in [0.25, 0.3) is 5.91 Å². The van der Waals surface area contributed by atoms with Crippen LogP contribution in [-0.4, -0.2) is 5.91 Å². The van der Waals surface area contributed by atoms with Crippen molar-refractivity contribution in [3.05, 3.63) is 108 Å². The van der Waals surface area contributed by atoms with Crippen molar-refractivity contribution in [1.29, 1.82) is 0 Å². The Hall–Kier alpha value is -3.33. The summed E-state index contributed by atoms with van der Waals surface area (Å²) in [5.74, 6) is 0.497. The normalized spacial score (nSPS) is 17.0. The first kappa shape index (κ1) is 15.2. The van der Waals surface area contributed by atoms with E-state index in [-0.39, 0.29) is 5.91 Å². The van der Waals surface area contributed by atoms with Gasteiger partial charge in [0, 0.05) is 22.9 Å². The van der Waals surface area contributed by atoms with Gasteiger partial charge < -0.3 is 4.74 Å². The molecule has 1 aliphatic rings. The number of rotatable bonds is 3. The van der Waals surface area contributed by atoms with Crippen molar-refractivity contribution in [3.8, 4) is 0 Å². The van der Waals surface area contributed by atoms with Crippen LogP contribution in [-0.2, 0) is 9.53 Å². The summed E-state index contributed by atoms with van der Waals surface area (Å²) >= 11 is 0. The largest absolute Gasteiger partial charge is 0.465 e. The molecular formula is C22H17NO2. The molecule has 1 atom stereocenters. The van der Waals surface area contributed by atoms with Gasteiger partial charge in [-0.05, 0) is 12.1 Å². The van der Waals surface area contributed by atoms with Gasteiger partial charge >= 0.3 is 0 Å². The first-order valence-corrected chi connectivity index (χ1v) is 8.20. The third-order valence-electron chi connectivity index (χ3n) is 4.14. The fraction of sp³-hybridized carbons (Fsp3) is 0.0455. The summed E-state index contributed by atoms with van der Waals surface area (Å²) in [5.41, 5.74) is 2.63. The van der Waals surface area contributed by atoms with Gasteiger partial charge in [-0.3, -0.25) is 9.69 Å². The molecule has 0 unspecified atom stereocenters. The zero-order chi connectivity index (χ0) is 17.1. The van der Waals surface area contributed by atoms with E-state index >= 15 is 0 Å². The van der Waals surface area contributed by atoms with E-state index in [2.05, 4.69) is 0 Å². The Morgan fingerprint density at radius 1 is 0.720 bits per heavy atom. The second kappa shape index (κ2) is 6.65. The number of nitrogens with zero attached hydrogens (tertiary/aromatic N) is 1. The second-order valence-corrected chi connectivity index (χ2v) is 5.80. The maximum Gasteiger partial charge on any atom is 0.257 e. The van der Waals surface area contributed by atoms with E-state index in [0.717, 1.165) is 16.8 Å². The minimum atomic E-state index is -0.503. The lowest BCUT2D eigenvalue weighted by molar-refractivity contribution is -0.117. The minimum Gasteiger partial charge on any atom is -0.465 e. The molecule has 3 aromatic carbocycles. The average Bonchev–Trinajstić information content (AvgIpc) is 2.69. The monoisotopic (exact) mass is 327 g/mol. The smallest absolute Gasteiger partial charge is 0.257 e. The van der Waals surface area contributed by atoms with Crippen molar-refractivity contribution in [2.24, 2.45) is 0 Å². The van der Waals surface area contributed by atoms with Crippen molar-refractivity contribution < 1.29 is 9.53 Å². The number of carbonyl (C=O) groups excluding carboxylic acids is 1. The van der Waals surface area contributed by atoms with Gasteiger partial charge in [-0.25, -0.2) is 0 Å². The molecule has 3 nitrogen and oxygen atoms in total. The fourth-order valence-electron chi connectivity index (χ4n) is 2.94. The number of hydrogen-bond acceptors (Lipinski definition) is 2. The molecule has 0 bridgehead atoms. The topological polar surface area (TPSA) is 29.5 Å². The molecule has 0 saturated carbocycles. The summed E-state index contributed by atoms with van der Waals surface area (Å²) < 4.78 is 6.26. The summed E-state index contributed by atoms with van der Waals surface area (Å²) in [6.07, 6.45) is 1.05. The lowest BCUT2D eigenvalue weighted by atomic mass is 10.1. The van der Waals surface area contributed by atoms with E-state index in [9.17, 15) is 4.79 Å². The van der Waals surface area contributed by atoms with Gasteiger partial charge in [-0.15, -0.1) is 0 Å². The maximum absolute atomic E-state index is 12.9. The zero-order valence-electron chi connectivity index (χ0n) is 13.6. The van der Waals surface area contributed by atoms with Crippen molar-refractivity contribution in [1.82, 2.24) is 0 Å². The van der Waals surface area contributed by atoms with Gasteiger partial charge in [0.05, 0.1) is 0 Å². The standard InChI is InChI=1S/C22H17NO2/c24-21-16-20(17-10-4-1-5-11-17)25-22(18-12-6-2-7-13-18)23(21)19-14-8-3-9-15-19/h1-16,22H/t22-/m0/s1. The van der Waals surface area contributed by atoms with Gasteiger partial charge in [0.1, 0.15) is 5.76 Å². The van der Waals surface area contributed by atoms with Crippen molar-refractivity contribution in [2.45, 2.75) is 6.23 Å². The quantitative estimate of drug-likeness (QED) is 0.692. The fourth-order valence-corrected chi connectivity index (χ4v) is 2.94. The number of benzene rings is 3. The van der Waals surface area contributed by atoms with E-state index in [0.29, 0.717) is 5.76 Å². The average molecular weight is 327 g/mol. The third-order valence-corrected chi connectivity index (χ3v) is 4.14. The number of para-hydroxylation sites is 1. The highest BCUT2D eigenvalue weighted by molar-refractivity contribution is 6.06. The lowest BCUT2D eigenvalue weighted by Crippen LogP contribution is -2.38. The predicted molar refractivity (Wildman–Crippen MR) is 98.6 cm³/mol. The Morgan fingerprint density at radius 3 is 1.92 bits per heavy atom. The summed E-state index contributed by atoms with van der Waals surface area (Å²) in [7, 11) is 0. The van der Waals surface area contributed by atoms with Crippen LogP contribution in [0.4, 0.5) is 5.69 Å². The predicted octanol–water partition coefficient (Wildman–Crippen LogP) is 4.79. The minimum absolute atomic E-state index is 0.0924. The van der Waals surface area contributed by atoms with Crippen molar-refractivity contribution >= 4 is 17.4 Å². The Morgan fingerprint density at radius 2 is 1.28 bits per heavy atom. The molecule has 25 heavy (non-hydrogen) atoms. The molecule has 1 amide bonds. The Kier molecular flexibility index (Phi) is 4.05. The third kappa shape index (κ3) is 3.04. The van der Waals surface area contributed by atoms with Crippen LogP contribution in [0.2, 0.25) is 0 Å². The van der Waals surface area contributed by atoms with E-state index in [1.54, 1.807) is 11.0 Å². The summed E-state index contributed by atoms with van der Waals surface area (Å²) in [5, 5.41) is 0. The molecule has 0 aromatic heterocycles. The molecule has 1 aliphatic heterocycles. The summed E-state index contributed by atoms with van der Waals surface area (Å²) in [6, 6.07) is 29.1.